The number of carbonyl (C=O) groups excluding carboxylic acids is 1. The number of halogens is 1. The highest BCUT2D eigenvalue weighted by Crippen LogP contribution is 2.28. The smallest absolute Gasteiger partial charge is 0.229 e. The SMILES string of the molecule is O=C1CCC(Cc2nc(-c3cc(Br)cs3)no2)N1. The lowest BCUT2D eigenvalue weighted by Crippen LogP contribution is -2.27. The van der Waals surface area contributed by atoms with Crippen molar-refractivity contribution in [2.75, 3.05) is 0 Å². The van der Waals surface area contributed by atoms with Crippen LogP contribution in [-0.4, -0.2) is 22.1 Å². The highest BCUT2D eigenvalue weighted by molar-refractivity contribution is 9.10. The summed E-state index contributed by atoms with van der Waals surface area (Å²) in [6.07, 6.45) is 2.02. The van der Waals surface area contributed by atoms with Gasteiger partial charge >= 0.3 is 0 Å². The molecule has 7 heteroatoms. The molecule has 0 radical (unpaired) electrons. The van der Waals surface area contributed by atoms with Gasteiger partial charge < -0.3 is 9.84 Å². The molecular weight excluding hydrogens is 318 g/mol. The van der Waals surface area contributed by atoms with E-state index in [9.17, 15) is 4.79 Å². The van der Waals surface area contributed by atoms with Crippen molar-refractivity contribution in [3.63, 3.8) is 0 Å². The van der Waals surface area contributed by atoms with Crippen molar-refractivity contribution in [3.8, 4) is 10.7 Å². The molecule has 1 N–H and O–H groups in total. The lowest BCUT2D eigenvalue weighted by Gasteiger charge is -2.04. The van der Waals surface area contributed by atoms with Crippen molar-refractivity contribution < 1.29 is 9.32 Å². The summed E-state index contributed by atoms with van der Waals surface area (Å²) in [6, 6.07) is 2.08. The molecule has 1 saturated heterocycles. The Hall–Kier alpha value is -1.21. The topological polar surface area (TPSA) is 68.0 Å². The van der Waals surface area contributed by atoms with E-state index in [1.807, 2.05) is 11.4 Å². The zero-order chi connectivity index (χ0) is 12.5. The number of amides is 1. The highest BCUT2D eigenvalue weighted by Gasteiger charge is 2.23. The Kier molecular flexibility index (Phi) is 3.17. The Morgan fingerprint density at radius 3 is 3.17 bits per heavy atom. The molecule has 18 heavy (non-hydrogen) atoms. The predicted molar refractivity (Wildman–Crippen MR) is 70.2 cm³/mol. The maximum atomic E-state index is 11.1. The van der Waals surface area contributed by atoms with Gasteiger partial charge in [-0.2, -0.15) is 4.98 Å². The molecule has 1 aliphatic heterocycles. The van der Waals surface area contributed by atoms with Crippen LogP contribution in [0.25, 0.3) is 10.7 Å². The molecule has 1 unspecified atom stereocenters. The molecule has 2 aromatic heterocycles. The van der Waals surface area contributed by atoms with E-state index in [1.54, 1.807) is 11.3 Å². The van der Waals surface area contributed by atoms with Crippen molar-refractivity contribution in [2.45, 2.75) is 25.3 Å². The molecule has 1 aliphatic rings. The summed E-state index contributed by atoms with van der Waals surface area (Å²) < 4.78 is 6.22. The molecule has 0 spiro atoms. The van der Waals surface area contributed by atoms with E-state index < -0.39 is 0 Å². The zero-order valence-corrected chi connectivity index (χ0v) is 11.8. The van der Waals surface area contributed by atoms with Crippen LogP contribution in [0.1, 0.15) is 18.7 Å². The Bertz CT molecular complexity index is 580. The van der Waals surface area contributed by atoms with E-state index in [-0.39, 0.29) is 11.9 Å². The van der Waals surface area contributed by atoms with Gasteiger partial charge in [-0.15, -0.1) is 11.3 Å². The van der Waals surface area contributed by atoms with Gasteiger partial charge in [-0.25, -0.2) is 0 Å². The van der Waals surface area contributed by atoms with E-state index in [0.717, 1.165) is 15.8 Å². The molecule has 1 amide bonds. The summed E-state index contributed by atoms with van der Waals surface area (Å²) in [7, 11) is 0. The highest BCUT2D eigenvalue weighted by atomic mass is 79.9. The van der Waals surface area contributed by atoms with Gasteiger partial charge in [0.2, 0.25) is 17.6 Å². The Morgan fingerprint density at radius 2 is 2.50 bits per heavy atom. The van der Waals surface area contributed by atoms with Crippen LogP contribution < -0.4 is 5.32 Å². The van der Waals surface area contributed by atoms with Crippen LogP contribution in [0, 0.1) is 0 Å². The number of hydrogen-bond donors (Lipinski definition) is 1. The number of hydrogen-bond acceptors (Lipinski definition) is 5. The first-order valence-corrected chi connectivity index (χ1v) is 7.24. The van der Waals surface area contributed by atoms with Crippen molar-refractivity contribution in [3.05, 3.63) is 21.8 Å². The minimum atomic E-state index is 0.0990. The molecular formula is C11H10BrN3O2S. The zero-order valence-electron chi connectivity index (χ0n) is 9.35. The third kappa shape index (κ3) is 2.46. The second-order valence-electron chi connectivity index (χ2n) is 4.15. The Balaban J connectivity index is 1.71. The lowest BCUT2D eigenvalue weighted by molar-refractivity contribution is -0.119. The lowest BCUT2D eigenvalue weighted by atomic mass is 10.1. The minimum Gasteiger partial charge on any atom is -0.353 e. The summed E-state index contributed by atoms with van der Waals surface area (Å²) in [6.45, 7) is 0. The summed E-state index contributed by atoms with van der Waals surface area (Å²) in [4.78, 5) is 16.4. The second-order valence-corrected chi connectivity index (χ2v) is 5.98. The largest absolute Gasteiger partial charge is 0.353 e. The van der Waals surface area contributed by atoms with Crippen LogP contribution in [-0.2, 0) is 11.2 Å². The monoisotopic (exact) mass is 327 g/mol. The molecule has 0 aliphatic carbocycles. The van der Waals surface area contributed by atoms with Crippen LogP contribution in [0.15, 0.2) is 20.4 Å². The minimum absolute atomic E-state index is 0.0990. The number of rotatable bonds is 3. The van der Waals surface area contributed by atoms with E-state index in [4.69, 9.17) is 4.52 Å². The van der Waals surface area contributed by atoms with Gasteiger partial charge in [-0.3, -0.25) is 4.79 Å². The first kappa shape index (κ1) is 11.9. The van der Waals surface area contributed by atoms with Crippen LogP contribution in [0.5, 0.6) is 0 Å². The van der Waals surface area contributed by atoms with Crippen molar-refractivity contribution in [1.29, 1.82) is 0 Å². The standard InChI is InChI=1S/C11H10BrN3O2S/c12-6-3-8(18-5-6)11-14-10(17-15-11)4-7-1-2-9(16)13-7/h3,5,7H,1-2,4H2,(H,13,16). The van der Waals surface area contributed by atoms with Crippen LogP contribution >= 0.6 is 27.3 Å². The summed E-state index contributed by atoms with van der Waals surface area (Å²) in [5, 5.41) is 8.81. The van der Waals surface area contributed by atoms with Gasteiger partial charge in [0, 0.05) is 28.7 Å². The molecule has 3 heterocycles. The van der Waals surface area contributed by atoms with Crippen LogP contribution in [0.2, 0.25) is 0 Å². The third-order valence-electron chi connectivity index (χ3n) is 2.76. The summed E-state index contributed by atoms with van der Waals surface area (Å²) in [5.41, 5.74) is 0. The number of carbonyl (C=O) groups is 1. The normalized spacial score (nSPS) is 19.2. The molecule has 5 nitrogen and oxygen atoms in total. The van der Waals surface area contributed by atoms with Gasteiger partial charge in [0.25, 0.3) is 0 Å². The fourth-order valence-corrected chi connectivity index (χ4v) is 3.26. The maximum Gasteiger partial charge on any atom is 0.229 e. The van der Waals surface area contributed by atoms with E-state index in [0.29, 0.717) is 24.6 Å². The number of nitrogens with one attached hydrogen (secondary N) is 1. The first-order chi connectivity index (χ1) is 8.70. The van der Waals surface area contributed by atoms with Crippen LogP contribution in [0.3, 0.4) is 0 Å². The quantitative estimate of drug-likeness (QED) is 0.939. The molecule has 0 bridgehead atoms. The van der Waals surface area contributed by atoms with Gasteiger partial charge in [0.05, 0.1) is 4.88 Å². The van der Waals surface area contributed by atoms with E-state index in [1.165, 1.54) is 0 Å². The Morgan fingerprint density at radius 1 is 1.61 bits per heavy atom. The van der Waals surface area contributed by atoms with Gasteiger partial charge in [0.15, 0.2) is 0 Å². The van der Waals surface area contributed by atoms with E-state index >= 15 is 0 Å². The molecule has 3 rings (SSSR count). The molecule has 1 atom stereocenters. The summed E-state index contributed by atoms with van der Waals surface area (Å²) >= 11 is 4.95. The second kappa shape index (κ2) is 4.81. The molecule has 94 valence electrons. The van der Waals surface area contributed by atoms with Gasteiger partial charge in [-0.1, -0.05) is 5.16 Å². The average Bonchev–Trinajstić information content (AvgIpc) is 3.01. The van der Waals surface area contributed by atoms with Crippen molar-refractivity contribution in [2.24, 2.45) is 0 Å². The average molecular weight is 328 g/mol. The Labute approximate surface area is 116 Å². The first-order valence-electron chi connectivity index (χ1n) is 5.57. The van der Waals surface area contributed by atoms with Gasteiger partial charge in [0.1, 0.15) is 0 Å². The predicted octanol–water partition coefficient (Wildman–Crippen LogP) is 2.38. The molecule has 0 aromatic carbocycles. The van der Waals surface area contributed by atoms with E-state index in [2.05, 4.69) is 31.4 Å². The van der Waals surface area contributed by atoms with Crippen LogP contribution in [0.4, 0.5) is 0 Å². The maximum absolute atomic E-state index is 11.1. The fourth-order valence-electron chi connectivity index (χ4n) is 1.91. The third-order valence-corrected chi connectivity index (χ3v) is 4.45. The number of thiophene rings is 1. The van der Waals surface area contributed by atoms with Crippen molar-refractivity contribution in [1.82, 2.24) is 15.5 Å². The summed E-state index contributed by atoms with van der Waals surface area (Å²) in [5.74, 6) is 1.27. The number of nitrogens with zero attached hydrogens (tertiary/aromatic N) is 2. The molecule has 0 saturated carbocycles. The fraction of sp³-hybridized carbons (Fsp3) is 0.364. The number of aromatic nitrogens is 2. The molecule has 2 aromatic rings. The molecule has 1 fully saturated rings. The van der Waals surface area contributed by atoms with Gasteiger partial charge in [-0.05, 0) is 28.4 Å². The van der Waals surface area contributed by atoms with Crippen molar-refractivity contribution >= 4 is 33.2 Å².